The van der Waals surface area contributed by atoms with Crippen LogP contribution in [0.25, 0.3) is 10.9 Å². The highest BCUT2D eigenvalue weighted by Gasteiger charge is 2.08. The molecule has 2 rings (SSSR count). The molecule has 80 valence electrons. The summed E-state index contributed by atoms with van der Waals surface area (Å²) in [6, 6.07) is 5.73. The first-order chi connectivity index (χ1) is 7.22. The maximum Gasteiger partial charge on any atom is 0.136 e. The molecule has 0 aliphatic rings. The number of aromatic nitrogens is 2. The zero-order valence-corrected chi connectivity index (χ0v) is 10.5. The summed E-state index contributed by atoms with van der Waals surface area (Å²) >= 11 is 9.33. The van der Waals surface area contributed by atoms with E-state index in [-0.39, 0.29) is 0 Å². The molecule has 0 spiro atoms. The van der Waals surface area contributed by atoms with Gasteiger partial charge < -0.3 is 4.74 Å². The number of rotatable bonds is 3. The standard InChI is InChI=1S/C10H10BrClN2O/c1-15-5-4-14-9-3-2-7(12)6-8(9)10(11)13-14/h2-3,6H,4-5H2,1H3. The van der Waals surface area contributed by atoms with Crippen LogP contribution in [0.3, 0.4) is 0 Å². The van der Waals surface area contributed by atoms with Crippen LogP contribution in [0, 0.1) is 0 Å². The lowest BCUT2D eigenvalue weighted by molar-refractivity contribution is 0.185. The molecule has 1 aromatic carbocycles. The minimum Gasteiger partial charge on any atom is -0.383 e. The van der Waals surface area contributed by atoms with Crippen LogP contribution >= 0.6 is 27.5 Å². The molecule has 2 aromatic rings. The average Bonchev–Trinajstić information content (AvgIpc) is 2.53. The van der Waals surface area contributed by atoms with Crippen molar-refractivity contribution in [2.75, 3.05) is 13.7 Å². The second-order valence-corrected chi connectivity index (χ2v) is 4.36. The van der Waals surface area contributed by atoms with Gasteiger partial charge in [-0.1, -0.05) is 11.6 Å². The van der Waals surface area contributed by atoms with E-state index < -0.39 is 0 Å². The Kier molecular flexibility index (Phi) is 3.29. The highest BCUT2D eigenvalue weighted by molar-refractivity contribution is 9.10. The fourth-order valence-electron chi connectivity index (χ4n) is 1.46. The van der Waals surface area contributed by atoms with Crippen molar-refractivity contribution >= 4 is 38.4 Å². The summed E-state index contributed by atoms with van der Waals surface area (Å²) in [5.74, 6) is 0. The predicted molar refractivity (Wildman–Crippen MR) is 64.3 cm³/mol. The van der Waals surface area contributed by atoms with Crippen LogP contribution in [0.4, 0.5) is 0 Å². The van der Waals surface area contributed by atoms with Crippen LogP contribution in [0.5, 0.6) is 0 Å². The van der Waals surface area contributed by atoms with Gasteiger partial charge in [-0.15, -0.1) is 0 Å². The SMILES string of the molecule is COCCn1nc(Br)c2cc(Cl)ccc21. The fourth-order valence-corrected chi connectivity index (χ4v) is 2.14. The number of ether oxygens (including phenoxy) is 1. The maximum atomic E-state index is 5.92. The normalized spacial score (nSPS) is 11.1. The van der Waals surface area contributed by atoms with Gasteiger partial charge in [-0.2, -0.15) is 5.10 Å². The van der Waals surface area contributed by atoms with Crippen LogP contribution in [-0.4, -0.2) is 23.5 Å². The average molecular weight is 290 g/mol. The van der Waals surface area contributed by atoms with E-state index in [0.717, 1.165) is 27.1 Å². The summed E-state index contributed by atoms with van der Waals surface area (Å²) in [5.41, 5.74) is 1.06. The third kappa shape index (κ3) is 2.17. The van der Waals surface area contributed by atoms with Gasteiger partial charge in [0.15, 0.2) is 0 Å². The number of benzene rings is 1. The molecule has 0 saturated heterocycles. The van der Waals surface area contributed by atoms with Crippen molar-refractivity contribution in [2.24, 2.45) is 0 Å². The Morgan fingerprint density at radius 3 is 3.07 bits per heavy atom. The highest BCUT2D eigenvalue weighted by atomic mass is 79.9. The minimum atomic E-state index is 0.645. The summed E-state index contributed by atoms with van der Waals surface area (Å²) in [6.07, 6.45) is 0. The largest absolute Gasteiger partial charge is 0.383 e. The van der Waals surface area contributed by atoms with Crippen molar-refractivity contribution < 1.29 is 4.74 Å². The predicted octanol–water partition coefficient (Wildman–Crippen LogP) is 3.10. The second-order valence-electron chi connectivity index (χ2n) is 3.17. The molecule has 1 heterocycles. The monoisotopic (exact) mass is 288 g/mol. The molecule has 3 nitrogen and oxygen atoms in total. The van der Waals surface area contributed by atoms with Crippen molar-refractivity contribution in [1.82, 2.24) is 9.78 Å². The Morgan fingerprint density at radius 2 is 2.33 bits per heavy atom. The Balaban J connectivity index is 2.48. The molecular weight excluding hydrogens is 279 g/mol. The summed E-state index contributed by atoms with van der Waals surface area (Å²) in [5, 5.41) is 6.11. The molecule has 0 bridgehead atoms. The number of fused-ring (bicyclic) bond motifs is 1. The van der Waals surface area contributed by atoms with E-state index in [1.807, 2.05) is 22.9 Å². The Hall–Kier alpha value is -0.580. The Bertz CT molecular complexity index is 483. The van der Waals surface area contributed by atoms with Gasteiger partial charge in [0, 0.05) is 17.5 Å². The molecule has 0 aliphatic carbocycles. The maximum absolute atomic E-state index is 5.92. The van der Waals surface area contributed by atoms with E-state index in [1.54, 1.807) is 7.11 Å². The van der Waals surface area contributed by atoms with Gasteiger partial charge in [0.05, 0.1) is 18.7 Å². The molecule has 0 atom stereocenters. The molecule has 0 unspecified atom stereocenters. The smallest absolute Gasteiger partial charge is 0.136 e. The van der Waals surface area contributed by atoms with Crippen LogP contribution in [0.15, 0.2) is 22.8 Å². The molecule has 0 radical (unpaired) electrons. The van der Waals surface area contributed by atoms with Crippen LogP contribution in [0.2, 0.25) is 5.02 Å². The topological polar surface area (TPSA) is 27.1 Å². The first kappa shape index (κ1) is 10.9. The summed E-state index contributed by atoms with van der Waals surface area (Å²) in [6.45, 7) is 1.38. The molecule has 5 heteroatoms. The van der Waals surface area contributed by atoms with Gasteiger partial charge in [-0.05, 0) is 34.1 Å². The third-order valence-corrected chi connectivity index (χ3v) is 3.00. The van der Waals surface area contributed by atoms with E-state index in [4.69, 9.17) is 16.3 Å². The molecule has 1 aromatic heterocycles. The molecule has 15 heavy (non-hydrogen) atoms. The van der Waals surface area contributed by atoms with E-state index in [1.165, 1.54) is 0 Å². The molecule has 0 fully saturated rings. The van der Waals surface area contributed by atoms with Crippen LogP contribution in [0.1, 0.15) is 0 Å². The summed E-state index contributed by atoms with van der Waals surface area (Å²) in [4.78, 5) is 0. The highest BCUT2D eigenvalue weighted by Crippen LogP contribution is 2.26. The molecule has 0 N–H and O–H groups in total. The molecule has 0 amide bonds. The van der Waals surface area contributed by atoms with E-state index in [2.05, 4.69) is 21.0 Å². The van der Waals surface area contributed by atoms with Gasteiger partial charge in [0.25, 0.3) is 0 Å². The second kappa shape index (κ2) is 4.51. The lowest BCUT2D eigenvalue weighted by Crippen LogP contribution is -2.05. The van der Waals surface area contributed by atoms with Crippen molar-refractivity contribution in [2.45, 2.75) is 6.54 Å². The Labute approximate surface area is 101 Å². The van der Waals surface area contributed by atoms with Crippen molar-refractivity contribution in [3.63, 3.8) is 0 Å². The van der Waals surface area contributed by atoms with Gasteiger partial charge >= 0.3 is 0 Å². The number of hydrogen-bond acceptors (Lipinski definition) is 2. The zero-order chi connectivity index (χ0) is 10.8. The van der Waals surface area contributed by atoms with Crippen LogP contribution in [-0.2, 0) is 11.3 Å². The number of nitrogens with zero attached hydrogens (tertiary/aromatic N) is 2. The van der Waals surface area contributed by atoms with Crippen molar-refractivity contribution in [1.29, 1.82) is 0 Å². The van der Waals surface area contributed by atoms with E-state index in [0.29, 0.717) is 6.61 Å². The van der Waals surface area contributed by atoms with Crippen molar-refractivity contribution in [3.8, 4) is 0 Å². The zero-order valence-electron chi connectivity index (χ0n) is 8.20. The molecule has 0 saturated carbocycles. The number of halogens is 2. The summed E-state index contributed by atoms with van der Waals surface area (Å²) in [7, 11) is 1.68. The van der Waals surface area contributed by atoms with E-state index in [9.17, 15) is 0 Å². The lowest BCUT2D eigenvalue weighted by Gasteiger charge is -2.01. The van der Waals surface area contributed by atoms with Gasteiger partial charge in [0.1, 0.15) is 4.60 Å². The first-order valence-electron chi connectivity index (χ1n) is 4.53. The first-order valence-corrected chi connectivity index (χ1v) is 5.70. The lowest BCUT2D eigenvalue weighted by atomic mass is 10.2. The molecule has 0 aliphatic heterocycles. The number of hydrogen-bond donors (Lipinski definition) is 0. The Morgan fingerprint density at radius 1 is 1.53 bits per heavy atom. The summed E-state index contributed by atoms with van der Waals surface area (Å²) < 4.78 is 7.74. The molecular formula is C10H10BrClN2O. The quantitative estimate of drug-likeness (QED) is 0.868. The van der Waals surface area contributed by atoms with Crippen molar-refractivity contribution in [3.05, 3.63) is 27.8 Å². The third-order valence-electron chi connectivity index (χ3n) is 2.17. The van der Waals surface area contributed by atoms with Gasteiger partial charge in [-0.25, -0.2) is 0 Å². The van der Waals surface area contributed by atoms with Gasteiger partial charge in [0.2, 0.25) is 0 Å². The minimum absolute atomic E-state index is 0.645. The van der Waals surface area contributed by atoms with E-state index >= 15 is 0 Å². The number of methoxy groups -OCH3 is 1. The van der Waals surface area contributed by atoms with Gasteiger partial charge in [-0.3, -0.25) is 4.68 Å². The van der Waals surface area contributed by atoms with Crippen LogP contribution < -0.4 is 0 Å². The fraction of sp³-hybridized carbons (Fsp3) is 0.300.